The molecule has 29 heavy (non-hydrogen) atoms. The van der Waals surface area contributed by atoms with Gasteiger partial charge in [-0.25, -0.2) is 4.79 Å². The molecule has 2 fully saturated rings. The number of amides is 4. The maximum atomic E-state index is 12.9. The van der Waals surface area contributed by atoms with Gasteiger partial charge in [0.25, 0.3) is 5.91 Å². The van der Waals surface area contributed by atoms with Crippen LogP contribution < -0.4 is 10.6 Å². The molecule has 4 rings (SSSR count). The highest BCUT2D eigenvalue weighted by Gasteiger charge is 2.51. The van der Waals surface area contributed by atoms with Crippen molar-refractivity contribution in [2.75, 3.05) is 6.54 Å². The molecule has 2 heterocycles. The van der Waals surface area contributed by atoms with Gasteiger partial charge < -0.3 is 10.6 Å². The Bertz CT molecular complexity index is 908. The molecule has 2 aliphatic rings. The molecule has 1 saturated carbocycles. The number of thiophene rings is 1. The molecule has 1 unspecified atom stereocenters. The second-order valence-corrected chi connectivity index (χ2v) is 8.95. The van der Waals surface area contributed by atoms with Crippen LogP contribution in [0.25, 0.3) is 0 Å². The zero-order chi connectivity index (χ0) is 20.4. The predicted molar refractivity (Wildman–Crippen MR) is 112 cm³/mol. The van der Waals surface area contributed by atoms with Crippen LogP contribution in [0, 0.1) is 0 Å². The minimum Gasteiger partial charge on any atom is -0.343 e. The van der Waals surface area contributed by atoms with Gasteiger partial charge in [-0.05, 0) is 42.0 Å². The molecule has 1 aromatic carbocycles. The SMILES string of the molecule is O=C(CN1C(=O)NC2(CCCCC2)C1=O)NC(c1ccc(Cl)cc1)c1cccs1. The molecular formula is C21H22ClN3O3S. The zero-order valence-corrected chi connectivity index (χ0v) is 17.4. The number of carbonyl (C=O) groups excluding carboxylic acids is 3. The fourth-order valence-electron chi connectivity index (χ4n) is 4.09. The van der Waals surface area contributed by atoms with Crippen LogP contribution in [0.5, 0.6) is 0 Å². The third kappa shape index (κ3) is 4.02. The summed E-state index contributed by atoms with van der Waals surface area (Å²) in [6.45, 7) is -0.290. The first-order valence-electron chi connectivity index (χ1n) is 9.71. The summed E-state index contributed by atoms with van der Waals surface area (Å²) in [7, 11) is 0. The molecule has 0 radical (unpaired) electrons. The largest absolute Gasteiger partial charge is 0.343 e. The summed E-state index contributed by atoms with van der Waals surface area (Å²) in [5.41, 5.74) is 0.0602. The van der Waals surface area contributed by atoms with Crippen molar-refractivity contribution in [1.82, 2.24) is 15.5 Å². The maximum absolute atomic E-state index is 12.9. The predicted octanol–water partition coefficient (Wildman–Crippen LogP) is 3.86. The normalized spacial score (nSPS) is 19.3. The van der Waals surface area contributed by atoms with Gasteiger partial charge in [0.2, 0.25) is 5.91 Å². The van der Waals surface area contributed by atoms with Gasteiger partial charge in [0, 0.05) is 9.90 Å². The first kappa shape index (κ1) is 19.9. The molecule has 1 atom stereocenters. The lowest BCUT2D eigenvalue weighted by molar-refractivity contribution is -0.136. The molecule has 0 bridgehead atoms. The lowest BCUT2D eigenvalue weighted by Gasteiger charge is -2.30. The second-order valence-electron chi connectivity index (χ2n) is 7.53. The van der Waals surface area contributed by atoms with Gasteiger partial charge in [0.05, 0.1) is 6.04 Å². The summed E-state index contributed by atoms with van der Waals surface area (Å²) in [5, 5.41) is 8.36. The van der Waals surface area contributed by atoms with Crippen LogP contribution in [0.3, 0.4) is 0 Å². The summed E-state index contributed by atoms with van der Waals surface area (Å²) in [6.07, 6.45) is 4.15. The highest BCUT2D eigenvalue weighted by molar-refractivity contribution is 7.10. The van der Waals surface area contributed by atoms with Gasteiger partial charge in [-0.2, -0.15) is 0 Å². The molecule has 6 nitrogen and oxygen atoms in total. The number of imide groups is 1. The fraction of sp³-hybridized carbons (Fsp3) is 0.381. The summed E-state index contributed by atoms with van der Waals surface area (Å²) >= 11 is 7.52. The van der Waals surface area contributed by atoms with Crippen molar-refractivity contribution in [2.24, 2.45) is 0 Å². The first-order chi connectivity index (χ1) is 14.0. The Morgan fingerprint density at radius 3 is 2.55 bits per heavy atom. The summed E-state index contributed by atoms with van der Waals surface area (Å²) in [4.78, 5) is 40.1. The van der Waals surface area contributed by atoms with Crippen molar-refractivity contribution >= 4 is 40.8 Å². The van der Waals surface area contributed by atoms with Gasteiger partial charge in [0.1, 0.15) is 12.1 Å². The van der Waals surface area contributed by atoms with E-state index in [0.717, 1.165) is 34.6 Å². The number of nitrogens with one attached hydrogen (secondary N) is 2. The Morgan fingerprint density at radius 1 is 1.17 bits per heavy atom. The average Bonchev–Trinajstić information content (AvgIpc) is 3.32. The van der Waals surface area contributed by atoms with Crippen molar-refractivity contribution in [1.29, 1.82) is 0 Å². The van der Waals surface area contributed by atoms with Gasteiger partial charge in [-0.1, -0.05) is 49.1 Å². The maximum Gasteiger partial charge on any atom is 0.325 e. The molecule has 1 aliphatic heterocycles. The number of halogens is 1. The number of rotatable bonds is 5. The Kier molecular flexibility index (Phi) is 5.61. The highest BCUT2D eigenvalue weighted by Crippen LogP contribution is 2.33. The number of hydrogen-bond acceptors (Lipinski definition) is 4. The summed E-state index contributed by atoms with van der Waals surface area (Å²) in [5.74, 6) is -0.661. The van der Waals surface area contributed by atoms with Crippen LogP contribution in [0.1, 0.15) is 48.6 Å². The molecular weight excluding hydrogens is 410 g/mol. The summed E-state index contributed by atoms with van der Waals surface area (Å²) in [6, 6.07) is 10.3. The van der Waals surface area contributed by atoms with Crippen LogP contribution in [0.4, 0.5) is 4.79 Å². The third-order valence-electron chi connectivity index (χ3n) is 5.59. The van der Waals surface area contributed by atoms with E-state index in [4.69, 9.17) is 11.6 Å². The van der Waals surface area contributed by atoms with Gasteiger partial charge in [-0.3, -0.25) is 14.5 Å². The number of hydrogen-bond donors (Lipinski definition) is 2. The molecule has 1 aromatic heterocycles. The van der Waals surface area contributed by atoms with Crippen LogP contribution in [-0.4, -0.2) is 34.8 Å². The Morgan fingerprint density at radius 2 is 1.90 bits per heavy atom. The minimum absolute atomic E-state index is 0.281. The third-order valence-corrected chi connectivity index (χ3v) is 6.78. The molecule has 8 heteroatoms. The molecule has 2 N–H and O–H groups in total. The fourth-order valence-corrected chi connectivity index (χ4v) is 5.02. The van der Waals surface area contributed by atoms with Crippen molar-refractivity contribution < 1.29 is 14.4 Å². The number of nitrogens with zero attached hydrogens (tertiary/aromatic N) is 1. The lowest BCUT2D eigenvalue weighted by Crippen LogP contribution is -2.49. The number of urea groups is 1. The Labute approximate surface area is 178 Å². The minimum atomic E-state index is -0.820. The van der Waals surface area contributed by atoms with Crippen LogP contribution in [-0.2, 0) is 9.59 Å². The molecule has 4 amide bonds. The van der Waals surface area contributed by atoms with Crippen molar-refractivity contribution in [2.45, 2.75) is 43.7 Å². The Balaban J connectivity index is 1.49. The van der Waals surface area contributed by atoms with E-state index in [-0.39, 0.29) is 24.4 Å². The molecule has 1 saturated heterocycles. The monoisotopic (exact) mass is 431 g/mol. The molecule has 1 aliphatic carbocycles. The van der Waals surface area contributed by atoms with Gasteiger partial charge >= 0.3 is 6.03 Å². The van der Waals surface area contributed by atoms with Crippen LogP contribution in [0.2, 0.25) is 5.02 Å². The van der Waals surface area contributed by atoms with E-state index in [1.54, 1.807) is 12.1 Å². The average molecular weight is 432 g/mol. The number of carbonyl (C=O) groups is 3. The first-order valence-corrected chi connectivity index (χ1v) is 11.0. The molecule has 1 spiro atoms. The summed E-state index contributed by atoms with van der Waals surface area (Å²) < 4.78 is 0. The van der Waals surface area contributed by atoms with E-state index in [1.165, 1.54) is 11.3 Å². The van der Waals surface area contributed by atoms with E-state index in [9.17, 15) is 14.4 Å². The topological polar surface area (TPSA) is 78.5 Å². The standard InChI is InChI=1S/C21H22ClN3O3S/c22-15-8-6-14(7-9-15)18(16-5-4-12-29-16)23-17(26)13-25-19(27)21(24-20(25)28)10-2-1-3-11-21/h4-9,12,18H,1-3,10-11,13H2,(H,23,26)(H,24,28). The van der Waals surface area contributed by atoms with Gasteiger partial charge in [-0.15, -0.1) is 11.3 Å². The second kappa shape index (κ2) is 8.16. The van der Waals surface area contributed by atoms with Crippen molar-refractivity contribution in [3.8, 4) is 0 Å². The van der Waals surface area contributed by atoms with E-state index in [2.05, 4.69) is 10.6 Å². The van der Waals surface area contributed by atoms with Crippen LogP contribution >= 0.6 is 22.9 Å². The van der Waals surface area contributed by atoms with E-state index in [1.807, 2.05) is 29.6 Å². The molecule has 2 aromatic rings. The van der Waals surface area contributed by atoms with Crippen LogP contribution in [0.15, 0.2) is 41.8 Å². The quantitative estimate of drug-likeness (QED) is 0.705. The van der Waals surface area contributed by atoms with E-state index in [0.29, 0.717) is 17.9 Å². The van der Waals surface area contributed by atoms with Gasteiger partial charge in [0.15, 0.2) is 0 Å². The Hall–Kier alpha value is -2.38. The smallest absolute Gasteiger partial charge is 0.325 e. The molecule has 152 valence electrons. The van der Waals surface area contributed by atoms with E-state index >= 15 is 0 Å². The van der Waals surface area contributed by atoms with E-state index < -0.39 is 11.6 Å². The lowest BCUT2D eigenvalue weighted by atomic mass is 9.82. The number of benzene rings is 1. The zero-order valence-electron chi connectivity index (χ0n) is 15.8. The van der Waals surface area contributed by atoms with Crippen molar-refractivity contribution in [3.05, 3.63) is 57.2 Å². The highest BCUT2D eigenvalue weighted by atomic mass is 35.5. The van der Waals surface area contributed by atoms with Crippen molar-refractivity contribution in [3.63, 3.8) is 0 Å².